The molecule has 1 aromatic heterocycles. The first-order chi connectivity index (χ1) is 16.3. The van der Waals surface area contributed by atoms with Crippen LogP contribution in [0, 0.1) is 6.92 Å². The van der Waals surface area contributed by atoms with Crippen LogP contribution in [-0.2, 0) is 7.05 Å². The van der Waals surface area contributed by atoms with E-state index in [2.05, 4.69) is 89.2 Å². The fourth-order valence-corrected chi connectivity index (χ4v) is 4.97. The highest BCUT2D eigenvalue weighted by Crippen LogP contribution is 2.37. The van der Waals surface area contributed by atoms with E-state index in [1.165, 1.54) is 27.8 Å². The van der Waals surface area contributed by atoms with Crippen molar-refractivity contribution >= 4 is 10.8 Å². The van der Waals surface area contributed by atoms with Crippen molar-refractivity contribution < 1.29 is 7.31 Å². The van der Waals surface area contributed by atoms with Gasteiger partial charge < -0.3 is 0 Å². The van der Waals surface area contributed by atoms with Gasteiger partial charge in [-0.25, -0.2) is 4.57 Å². The molecule has 0 bridgehead atoms. The molecule has 32 heavy (non-hydrogen) atoms. The largest absolute Gasteiger partial charge is 0.220 e. The SMILES string of the molecule is [2H]c1c([2H])[n+](C)c(-c2cc(-c3ccccc3)cc(C(C)C)c2C)c2ccc(C(CC)CC)cc12. The lowest BCUT2D eigenvalue weighted by atomic mass is 9.87. The molecule has 4 rings (SSSR count). The van der Waals surface area contributed by atoms with E-state index in [1.54, 1.807) is 0 Å². The highest BCUT2D eigenvalue weighted by molar-refractivity contribution is 5.95. The van der Waals surface area contributed by atoms with E-state index in [0.717, 1.165) is 34.9 Å². The standard InChI is InChI=1S/C31H36N/c1-7-23(8-2)25-14-15-28-26(18-25)16-17-32(6)31(28)30-20-27(24-12-10-9-11-13-24)19-29(21(3)4)22(30)5/h9-21,23H,7-8H2,1-6H3/q+1/i16D,17D. The predicted molar refractivity (Wildman–Crippen MR) is 138 cm³/mol. The molecule has 0 saturated carbocycles. The van der Waals surface area contributed by atoms with Gasteiger partial charge in [0.15, 0.2) is 6.17 Å². The highest BCUT2D eigenvalue weighted by Gasteiger charge is 2.21. The number of fused-ring (bicyclic) bond motifs is 1. The Bertz CT molecular complexity index is 1340. The van der Waals surface area contributed by atoms with Crippen LogP contribution in [0.1, 0.15) is 71.8 Å². The second-order valence-corrected chi connectivity index (χ2v) is 9.22. The van der Waals surface area contributed by atoms with Crippen LogP contribution in [0.25, 0.3) is 33.2 Å². The van der Waals surface area contributed by atoms with Crippen molar-refractivity contribution in [1.29, 1.82) is 0 Å². The molecular formula is C31H36N+. The molecule has 1 heteroatoms. The topological polar surface area (TPSA) is 3.88 Å². The molecule has 0 radical (unpaired) electrons. The molecule has 0 spiro atoms. The van der Waals surface area contributed by atoms with Crippen LogP contribution in [0.3, 0.4) is 0 Å². The number of hydrogen-bond donors (Lipinski definition) is 0. The second kappa shape index (κ2) is 9.28. The Hall–Kier alpha value is -2.93. The van der Waals surface area contributed by atoms with E-state index >= 15 is 0 Å². The molecule has 0 fully saturated rings. The zero-order valence-corrected chi connectivity index (χ0v) is 20.3. The van der Waals surface area contributed by atoms with E-state index in [-0.39, 0.29) is 6.17 Å². The third kappa shape index (κ3) is 4.09. The summed E-state index contributed by atoms with van der Waals surface area (Å²) in [6, 6.07) is 22.0. The fraction of sp³-hybridized carbons (Fsp3) is 0.323. The van der Waals surface area contributed by atoms with Crippen LogP contribution < -0.4 is 4.57 Å². The average Bonchev–Trinajstić information content (AvgIpc) is 2.85. The van der Waals surface area contributed by atoms with Crippen molar-refractivity contribution in [3.63, 3.8) is 0 Å². The number of pyridine rings is 1. The number of rotatable bonds is 6. The summed E-state index contributed by atoms with van der Waals surface area (Å²) in [5.74, 6) is 0.859. The van der Waals surface area contributed by atoms with Gasteiger partial charge in [0.1, 0.15) is 8.42 Å². The molecule has 4 aromatic rings. The van der Waals surface area contributed by atoms with Gasteiger partial charge in [-0.3, -0.25) is 0 Å². The quantitative estimate of drug-likeness (QED) is 0.274. The third-order valence-corrected chi connectivity index (χ3v) is 6.88. The molecular weight excluding hydrogens is 386 g/mol. The molecule has 0 unspecified atom stereocenters. The number of nitrogens with zero attached hydrogens (tertiary/aromatic N) is 1. The number of benzene rings is 3. The molecule has 0 atom stereocenters. The van der Waals surface area contributed by atoms with Crippen molar-refractivity contribution in [2.75, 3.05) is 0 Å². The minimum atomic E-state index is 0.250. The number of hydrogen-bond acceptors (Lipinski definition) is 0. The first kappa shape index (κ1) is 19.7. The van der Waals surface area contributed by atoms with Crippen LogP contribution in [0.5, 0.6) is 0 Å². The molecule has 3 aromatic carbocycles. The van der Waals surface area contributed by atoms with Gasteiger partial charge in [0.05, 0.1) is 12.3 Å². The van der Waals surface area contributed by atoms with Crippen LogP contribution in [0.15, 0.2) is 72.9 Å². The lowest BCUT2D eigenvalue weighted by Crippen LogP contribution is -2.31. The Morgan fingerprint density at radius 1 is 0.906 bits per heavy atom. The van der Waals surface area contributed by atoms with Crippen molar-refractivity contribution in [1.82, 2.24) is 0 Å². The van der Waals surface area contributed by atoms with E-state index in [1.807, 2.05) is 17.7 Å². The maximum Gasteiger partial charge on any atom is 0.220 e. The third-order valence-electron chi connectivity index (χ3n) is 6.88. The van der Waals surface area contributed by atoms with Crippen LogP contribution in [-0.4, -0.2) is 0 Å². The van der Waals surface area contributed by atoms with Crippen molar-refractivity contribution in [2.24, 2.45) is 7.05 Å². The van der Waals surface area contributed by atoms with Gasteiger partial charge in [-0.15, -0.1) is 0 Å². The van der Waals surface area contributed by atoms with E-state index in [0.29, 0.717) is 17.9 Å². The normalized spacial score (nSPS) is 12.5. The summed E-state index contributed by atoms with van der Waals surface area (Å²) in [5, 5.41) is 1.92. The Labute approximate surface area is 196 Å². The van der Waals surface area contributed by atoms with Crippen molar-refractivity contribution in [3.05, 3.63) is 89.6 Å². The first-order valence-corrected chi connectivity index (χ1v) is 11.9. The Balaban J connectivity index is 2.08. The maximum absolute atomic E-state index is 8.79. The minimum absolute atomic E-state index is 0.250. The molecule has 0 aliphatic heterocycles. The van der Waals surface area contributed by atoms with Crippen molar-refractivity contribution in [3.8, 4) is 22.4 Å². The van der Waals surface area contributed by atoms with Gasteiger partial charge >= 0.3 is 0 Å². The van der Waals surface area contributed by atoms with Gasteiger partial charge in [-0.05, 0) is 76.9 Å². The highest BCUT2D eigenvalue weighted by atomic mass is 14.9. The Morgan fingerprint density at radius 3 is 2.28 bits per heavy atom. The van der Waals surface area contributed by atoms with E-state index in [9.17, 15) is 0 Å². The van der Waals surface area contributed by atoms with Crippen LogP contribution in [0.2, 0.25) is 0 Å². The Kier molecular flexibility index (Phi) is 5.72. The summed E-state index contributed by atoms with van der Waals surface area (Å²) in [5.41, 5.74) is 8.37. The molecule has 0 saturated heterocycles. The van der Waals surface area contributed by atoms with Crippen LogP contribution >= 0.6 is 0 Å². The van der Waals surface area contributed by atoms with Gasteiger partial charge in [0, 0.05) is 6.04 Å². The summed E-state index contributed by atoms with van der Waals surface area (Å²) < 4.78 is 19.4. The zero-order valence-electron chi connectivity index (χ0n) is 22.3. The maximum atomic E-state index is 8.79. The zero-order chi connectivity index (χ0) is 24.6. The predicted octanol–water partition coefficient (Wildman–Crippen LogP) is 8.33. The van der Waals surface area contributed by atoms with Crippen LogP contribution in [0.4, 0.5) is 0 Å². The van der Waals surface area contributed by atoms with Gasteiger partial charge in [0.25, 0.3) is 0 Å². The van der Waals surface area contributed by atoms with Gasteiger partial charge in [-0.2, -0.15) is 0 Å². The molecule has 164 valence electrons. The summed E-state index contributed by atoms with van der Waals surface area (Å²) in [4.78, 5) is 0. The summed E-state index contributed by atoms with van der Waals surface area (Å²) in [6.07, 6.45) is 2.40. The molecule has 0 aliphatic carbocycles. The first-order valence-electron chi connectivity index (χ1n) is 12.9. The van der Waals surface area contributed by atoms with Gasteiger partial charge in [0.2, 0.25) is 5.69 Å². The smallest absolute Gasteiger partial charge is 0.200 e. The fourth-order valence-electron chi connectivity index (χ4n) is 4.97. The second-order valence-electron chi connectivity index (χ2n) is 9.22. The lowest BCUT2D eigenvalue weighted by molar-refractivity contribution is -0.659. The molecule has 0 aliphatic rings. The lowest BCUT2D eigenvalue weighted by Gasteiger charge is -2.18. The van der Waals surface area contributed by atoms with E-state index < -0.39 is 0 Å². The van der Waals surface area contributed by atoms with Gasteiger partial charge in [-0.1, -0.05) is 76.2 Å². The van der Waals surface area contributed by atoms with E-state index in [4.69, 9.17) is 2.74 Å². The monoisotopic (exact) mass is 424 g/mol. The summed E-state index contributed by atoms with van der Waals surface area (Å²) >= 11 is 0. The Morgan fingerprint density at radius 2 is 1.62 bits per heavy atom. The minimum Gasteiger partial charge on any atom is -0.200 e. The average molecular weight is 425 g/mol. The molecule has 0 N–H and O–H groups in total. The summed E-state index contributed by atoms with van der Waals surface area (Å²) in [7, 11) is 1.92. The molecule has 0 amide bonds. The molecule has 1 nitrogen and oxygen atoms in total. The summed E-state index contributed by atoms with van der Waals surface area (Å²) in [6.45, 7) is 11.1. The number of aromatic nitrogens is 1. The van der Waals surface area contributed by atoms with Crippen molar-refractivity contribution in [2.45, 2.75) is 59.3 Å². The molecule has 1 heterocycles.